The molecule has 0 saturated heterocycles. The van der Waals surface area contributed by atoms with Crippen molar-refractivity contribution in [1.82, 2.24) is 15.2 Å². The number of carbonyl (C=O) groups excluding carboxylic acids is 2. The van der Waals surface area contributed by atoms with Crippen LogP contribution in [0.3, 0.4) is 0 Å². The van der Waals surface area contributed by atoms with Gasteiger partial charge in [-0.05, 0) is 50.3 Å². The van der Waals surface area contributed by atoms with Crippen LogP contribution in [-0.2, 0) is 17.8 Å². The van der Waals surface area contributed by atoms with Crippen LogP contribution in [0.2, 0.25) is 0 Å². The highest BCUT2D eigenvalue weighted by molar-refractivity contribution is 7.09. The van der Waals surface area contributed by atoms with Crippen LogP contribution in [0.25, 0.3) is 0 Å². The van der Waals surface area contributed by atoms with Gasteiger partial charge in [0, 0.05) is 29.7 Å². The van der Waals surface area contributed by atoms with Gasteiger partial charge in [-0.15, -0.1) is 11.3 Å². The van der Waals surface area contributed by atoms with E-state index in [0.29, 0.717) is 30.1 Å². The monoisotopic (exact) mass is 480 g/mol. The average Bonchev–Trinajstić information content (AvgIpc) is 3.28. The Morgan fingerprint density at radius 2 is 1.85 bits per heavy atom. The molecule has 0 atom stereocenters. The number of carbonyl (C=O) groups is 2. The Bertz CT molecular complexity index is 1080. The second-order valence-corrected chi connectivity index (χ2v) is 8.87. The second-order valence-electron chi connectivity index (χ2n) is 7.92. The summed E-state index contributed by atoms with van der Waals surface area (Å²) in [5, 5.41) is 8.47. The van der Waals surface area contributed by atoms with Gasteiger partial charge in [0.1, 0.15) is 17.4 Å². The van der Waals surface area contributed by atoms with Gasteiger partial charge in [-0.25, -0.2) is 4.98 Å². The summed E-state index contributed by atoms with van der Waals surface area (Å²) < 4.78 is 5.76. The van der Waals surface area contributed by atoms with Crippen molar-refractivity contribution in [2.24, 2.45) is 0 Å². The van der Waals surface area contributed by atoms with Gasteiger partial charge < -0.3 is 20.3 Å². The molecule has 3 rings (SSSR count). The van der Waals surface area contributed by atoms with Crippen molar-refractivity contribution in [3.05, 3.63) is 75.7 Å². The topological polar surface area (TPSA) is 83.6 Å². The van der Waals surface area contributed by atoms with Crippen molar-refractivity contribution in [2.75, 3.05) is 31.5 Å². The number of hydrogen-bond donors (Lipinski definition) is 2. The van der Waals surface area contributed by atoms with Crippen LogP contribution in [0.15, 0.2) is 53.9 Å². The molecule has 2 amide bonds. The third-order valence-corrected chi connectivity index (χ3v) is 6.21. The molecule has 2 N–H and O–H groups in total. The summed E-state index contributed by atoms with van der Waals surface area (Å²) in [5.74, 6) is 0.452. The van der Waals surface area contributed by atoms with Crippen LogP contribution in [0.5, 0.6) is 5.75 Å². The first kappa shape index (κ1) is 25.4. The van der Waals surface area contributed by atoms with E-state index in [0.717, 1.165) is 30.4 Å². The van der Waals surface area contributed by atoms with E-state index in [-0.39, 0.29) is 18.2 Å². The van der Waals surface area contributed by atoms with Crippen molar-refractivity contribution >= 4 is 28.8 Å². The molecule has 0 unspecified atom stereocenters. The maximum Gasteiger partial charge on any atom is 0.251 e. The fourth-order valence-electron chi connectivity index (χ4n) is 3.35. The van der Waals surface area contributed by atoms with Crippen LogP contribution in [0.1, 0.15) is 40.5 Å². The van der Waals surface area contributed by atoms with Gasteiger partial charge in [-0.3, -0.25) is 9.59 Å². The number of rotatable bonds is 12. The van der Waals surface area contributed by atoms with Crippen LogP contribution < -0.4 is 15.4 Å². The standard InChI is InChI=1S/C26H32N4O3S/c1-4-30(5-2)14-13-27-26(32)20-7-6-8-21(15-20)28-24(31)16-22-18-34-25(29-22)17-33-23-11-9-19(3)10-12-23/h6-12,15,18H,4-5,13-14,16-17H2,1-3H3,(H,27,32)(H,28,31). The number of likely N-dealkylation sites (N-methyl/N-ethyl adjacent to an activating group) is 1. The molecule has 0 radical (unpaired) electrons. The number of amides is 2. The SMILES string of the molecule is CCN(CC)CCNC(=O)c1cccc(NC(=O)Cc2csc(COc3ccc(C)cc3)n2)c1. The highest BCUT2D eigenvalue weighted by atomic mass is 32.1. The van der Waals surface area contributed by atoms with E-state index >= 15 is 0 Å². The van der Waals surface area contributed by atoms with Gasteiger partial charge in [-0.1, -0.05) is 37.6 Å². The van der Waals surface area contributed by atoms with Crippen molar-refractivity contribution in [1.29, 1.82) is 0 Å². The van der Waals surface area contributed by atoms with Crippen LogP contribution in [0, 0.1) is 6.92 Å². The molecular formula is C26H32N4O3S. The van der Waals surface area contributed by atoms with Crippen LogP contribution >= 0.6 is 11.3 Å². The molecule has 0 aliphatic rings. The molecule has 1 heterocycles. The van der Waals surface area contributed by atoms with E-state index in [1.807, 2.05) is 36.6 Å². The minimum Gasteiger partial charge on any atom is -0.486 e. The van der Waals surface area contributed by atoms with Gasteiger partial charge in [0.25, 0.3) is 5.91 Å². The summed E-state index contributed by atoms with van der Waals surface area (Å²) in [6.07, 6.45) is 0.154. The Morgan fingerprint density at radius 1 is 1.09 bits per heavy atom. The molecule has 3 aromatic rings. The van der Waals surface area contributed by atoms with Crippen molar-refractivity contribution in [2.45, 2.75) is 33.8 Å². The first-order valence-electron chi connectivity index (χ1n) is 11.5. The Labute approximate surface area is 205 Å². The molecule has 180 valence electrons. The third-order valence-electron chi connectivity index (χ3n) is 5.34. The lowest BCUT2D eigenvalue weighted by molar-refractivity contribution is -0.115. The summed E-state index contributed by atoms with van der Waals surface area (Å²) in [6, 6.07) is 14.8. The zero-order valence-corrected chi connectivity index (χ0v) is 20.8. The number of ether oxygens (including phenoxy) is 1. The highest BCUT2D eigenvalue weighted by Gasteiger charge is 2.11. The molecule has 2 aromatic carbocycles. The first-order valence-corrected chi connectivity index (χ1v) is 12.4. The molecule has 1 aromatic heterocycles. The number of nitrogens with one attached hydrogen (secondary N) is 2. The predicted molar refractivity (Wildman–Crippen MR) is 137 cm³/mol. The lowest BCUT2D eigenvalue weighted by atomic mass is 10.2. The fraction of sp³-hybridized carbons (Fsp3) is 0.346. The lowest BCUT2D eigenvalue weighted by Crippen LogP contribution is -2.34. The maximum atomic E-state index is 12.5. The molecule has 0 bridgehead atoms. The van der Waals surface area contributed by atoms with E-state index < -0.39 is 0 Å². The Hall–Kier alpha value is -3.23. The molecule has 7 nitrogen and oxygen atoms in total. The normalized spacial score (nSPS) is 10.8. The third kappa shape index (κ3) is 7.97. The van der Waals surface area contributed by atoms with Crippen molar-refractivity contribution in [3.63, 3.8) is 0 Å². The molecule has 0 aliphatic heterocycles. The number of thiazole rings is 1. The van der Waals surface area contributed by atoms with Gasteiger partial charge >= 0.3 is 0 Å². The van der Waals surface area contributed by atoms with E-state index in [1.54, 1.807) is 24.3 Å². The highest BCUT2D eigenvalue weighted by Crippen LogP contribution is 2.17. The first-order chi connectivity index (χ1) is 16.5. The van der Waals surface area contributed by atoms with Crippen LogP contribution in [0.4, 0.5) is 5.69 Å². The van der Waals surface area contributed by atoms with Gasteiger partial charge in [-0.2, -0.15) is 0 Å². The molecule has 0 fully saturated rings. The van der Waals surface area contributed by atoms with E-state index in [2.05, 4.69) is 34.4 Å². The molecular weight excluding hydrogens is 448 g/mol. The lowest BCUT2D eigenvalue weighted by Gasteiger charge is -2.18. The summed E-state index contributed by atoms with van der Waals surface area (Å²) in [7, 11) is 0. The van der Waals surface area contributed by atoms with Gasteiger partial charge in [0.2, 0.25) is 5.91 Å². The average molecular weight is 481 g/mol. The Morgan fingerprint density at radius 3 is 2.59 bits per heavy atom. The summed E-state index contributed by atoms with van der Waals surface area (Å²) in [5.41, 5.74) is 2.97. The number of aryl methyl sites for hydroxylation is 1. The number of anilines is 1. The number of hydrogen-bond acceptors (Lipinski definition) is 6. The molecule has 0 aliphatic carbocycles. The van der Waals surface area contributed by atoms with Crippen molar-refractivity contribution < 1.29 is 14.3 Å². The van der Waals surface area contributed by atoms with Gasteiger partial charge in [0.15, 0.2) is 0 Å². The summed E-state index contributed by atoms with van der Waals surface area (Å²) in [4.78, 5) is 31.7. The molecule has 0 spiro atoms. The largest absolute Gasteiger partial charge is 0.486 e. The minimum atomic E-state index is -0.185. The Kier molecular flexibility index (Phi) is 9.61. The van der Waals surface area contributed by atoms with E-state index in [4.69, 9.17) is 4.74 Å². The summed E-state index contributed by atoms with van der Waals surface area (Å²) >= 11 is 1.47. The predicted octanol–water partition coefficient (Wildman–Crippen LogP) is 4.28. The second kappa shape index (κ2) is 12.9. The number of benzene rings is 2. The van der Waals surface area contributed by atoms with E-state index in [1.165, 1.54) is 16.9 Å². The van der Waals surface area contributed by atoms with Crippen LogP contribution in [-0.4, -0.2) is 47.9 Å². The number of nitrogens with zero attached hydrogens (tertiary/aromatic N) is 2. The zero-order chi connectivity index (χ0) is 24.3. The maximum absolute atomic E-state index is 12.5. The van der Waals surface area contributed by atoms with Gasteiger partial charge in [0.05, 0.1) is 12.1 Å². The fourth-order valence-corrected chi connectivity index (χ4v) is 4.06. The zero-order valence-electron chi connectivity index (χ0n) is 20.0. The Balaban J connectivity index is 1.47. The van der Waals surface area contributed by atoms with Crippen molar-refractivity contribution in [3.8, 4) is 5.75 Å². The number of aromatic nitrogens is 1. The molecule has 34 heavy (non-hydrogen) atoms. The minimum absolute atomic E-state index is 0.152. The summed E-state index contributed by atoms with van der Waals surface area (Å²) in [6.45, 7) is 9.88. The van der Waals surface area contributed by atoms with E-state index in [9.17, 15) is 9.59 Å². The quantitative estimate of drug-likeness (QED) is 0.404. The molecule has 8 heteroatoms. The molecule has 0 saturated carbocycles. The smallest absolute Gasteiger partial charge is 0.251 e.